The Kier molecular flexibility index (Phi) is 5.97. The first-order valence-corrected chi connectivity index (χ1v) is 3.89. The first-order valence-electron chi connectivity index (χ1n) is 3.89. The lowest BCUT2D eigenvalue weighted by molar-refractivity contribution is -0.134. The molecule has 0 radical (unpaired) electrons. The standard InChI is InChI=1S/C9H14O3/c1-8(5-3-4-6-10)7-9(11)12-2/h6-7H,3-5H2,1-2H3/b8-7+. The Morgan fingerprint density at radius 2 is 2.17 bits per heavy atom. The molecule has 0 atom stereocenters. The van der Waals surface area contributed by atoms with E-state index in [-0.39, 0.29) is 5.97 Å². The normalized spacial score (nSPS) is 11.0. The predicted molar refractivity (Wildman–Crippen MR) is 45.7 cm³/mol. The van der Waals surface area contributed by atoms with E-state index in [1.165, 1.54) is 13.2 Å². The maximum Gasteiger partial charge on any atom is 0.330 e. The third-order valence-corrected chi connectivity index (χ3v) is 1.46. The smallest absolute Gasteiger partial charge is 0.330 e. The monoisotopic (exact) mass is 170 g/mol. The molecule has 3 nitrogen and oxygen atoms in total. The van der Waals surface area contributed by atoms with Crippen molar-refractivity contribution in [2.75, 3.05) is 7.11 Å². The number of carbonyl (C=O) groups excluding carboxylic acids is 2. The van der Waals surface area contributed by atoms with Crippen LogP contribution in [0.5, 0.6) is 0 Å². The zero-order chi connectivity index (χ0) is 9.40. The van der Waals surface area contributed by atoms with Gasteiger partial charge in [0.25, 0.3) is 0 Å². The molecule has 12 heavy (non-hydrogen) atoms. The number of hydrogen-bond donors (Lipinski definition) is 0. The fourth-order valence-electron chi connectivity index (χ4n) is 0.797. The average molecular weight is 170 g/mol. The number of hydrogen-bond acceptors (Lipinski definition) is 3. The molecule has 0 saturated carbocycles. The van der Waals surface area contributed by atoms with Gasteiger partial charge in [-0.05, 0) is 19.8 Å². The number of allylic oxidation sites excluding steroid dienone is 1. The van der Waals surface area contributed by atoms with Crippen molar-refractivity contribution in [1.29, 1.82) is 0 Å². The van der Waals surface area contributed by atoms with Gasteiger partial charge in [0.2, 0.25) is 0 Å². The van der Waals surface area contributed by atoms with Crippen molar-refractivity contribution in [2.45, 2.75) is 26.2 Å². The van der Waals surface area contributed by atoms with Crippen LogP contribution in [0.2, 0.25) is 0 Å². The van der Waals surface area contributed by atoms with Crippen LogP contribution in [0.4, 0.5) is 0 Å². The number of rotatable bonds is 5. The largest absolute Gasteiger partial charge is 0.466 e. The minimum Gasteiger partial charge on any atom is -0.466 e. The van der Waals surface area contributed by atoms with E-state index in [1.54, 1.807) is 0 Å². The van der Waals surface area contributed by atoms with Crippen LogP contribution in [-0.2, 0) is 14.3 Å². The highest BCUT2D eigenvalue weighted by atomic mass is 16.5. The SMILES string of the molecule is COC(=O)/C=C(\C)CCCC=O. The van der Waals surface area contributed by atoms with E-state index < -0.39 is 0 Å². The van der Waals surface area contributed by atoms with Crippen LogP contribution >= 0.6 is 0 Å². The van der Waals surface area contributed by atoms with Gasteiger partial charge in [0, 0.05) is 12.5 Å². The number of esters is 1. The van der Waals surface area contributed by atoms with E-state index in [9.17, 15) is 9.59 Å². The predicted octanol–water partition coefficient (Wildman–Crippen LogP) is 1.47. The van der Waals surface area contributed by atoms with Crippen molar-refractivity contribution in [2.24, 2.45) is 0 Å². The molecule has 0 aliphatic heterocycles. The fourth-order valence-corrected chi connectivity index (χ4v) is 0.797. The fraction of sp³-hybridized carbons (Fsp3) is 0.556. The molecule has 0 heterocycles. The van der Waals surface area contributed by atoms with E-state index in [2.05, 4.69) is 4.74 Å². The lowest BCUT2D eigenvalue weighted by Crippen LogP contribution is -1.95. The molecule has 0 aromatic heterocycles. The highest BCUT2D eigenvalue weighted by Gasteiger charge is 1.95. The highest BCUT2D eigenvalue weighted by Crippen LogP contribution is 2.05. The zero-order valence-corrected chi connectivity index (χ0v) is 7.50. The summed E-state index contributed by atoms with van der Waals surface area (Å²) in [6.07, 6.45) is 4.44. The topological polar surface area (TPSA) is 43.4 Å². The van der Waals surface area contributed by atoms with E-state index in [1.807, 2.05) is 6.92 Å². The van der Waals surface area contributed by atoms with Crippen molar-refractivity contribution in [1.82, 2.24) is 0 Å². The summed E-state index contributed by atoms with van der Waals surface area (Å²) in [5.74, 6) is -0.335. The number of aldehydes is 1. The summed E-state index contributed by atoms with van der Waals surface area (Å²) in [6, 6.07) is 0. The Labute approximate surface area is 72.4 Å². The van der Waals surface area contributed by atoms with Crippen LogP contribution in [0.3, 0.4) is 0 Å². The van der Waals surface area contributed by atoms with Gasteiger partial charge in [-0.25, -0.2) is 4.79 Å². The Morgan fingerprint density at radius 3 is 2.67 bits per heavy atom. The average Bonchev–Trinajstić information content (AvgIpc) is 2.05. The molecular weight excluding hydrogens is 156 g/mol. The van der Waals surface area contributed by atoms with Crippen molar-refractivity contribution in [3.63, 3.8) is 0 Å². The van der Waals surface area contributed by atoms with Crippen molar-refractivity contribution >= 4 is 12.3 Å². The second-order valence-electron chi connectivity index (χ2n) is 2.57. The summed E-state index contributed by atoms with van der Waals surface area (Å²) in [5, 5.41) is 0. The minimum absolute atomic E-state index is 0.335. The molecular formula is C9H14O3. The van der Waals surface area contributed by atoms with E-state index in [0.717, 1.165) is 24.7 Å². The van der Waals surface area contributed by atoms with Gasteiger partial charge in [0.15, 0.2) is 0 Å². The molecule has 0 fully saturated rings. The molecule has 0 bridgehead atoms. The molecule has 0 aromatic carbocycles. The maximum atomic E-state index is 10.7. The van der Waals surface area contributed by atoms with Gasteiger partial charge in [-0.3, -0.25) is 0 Å². The molecule has 0 amide bonds. The summed E-state index contributed by atoms with van der Waals surface area (Å²) in [5.41, 5.74) is 0.948. The number of carbonyl (C=O) groups is 2. The molecule has 0 N–H and O–H groups in total. The Morgan fingerprint density at radius 1 is 1.50 bits per heavy atom. The Balaban J connectivity index is 3.69. The summed E-state index contributed by atoms with van der Waals surface area (Å²) in [4.78, 5) is 20.6. The summed E-state index contributed by atoms with van der Waals surface area (Å²) >= 11 is 0. The second-order valence-corrected chi connectivity index (χ2v) is 2.57. The van der Waals surface area contributed by atoms with Crippen LogP contribution in [0.15, 0.2) is 11.6 Å². The summed E-state index contributed by atoms with van der Waals surface area (Å²) in [7, 11) is 1.34. The molecule has 0 rings (SSSR count). The van der Waals surface area contributed by atoms with Gasteiger partial charge in [-0.2, -0.15) is 0 Å². The van der Waals surface area contributed by atoms with Crippen LogP contribution in [-0.4, -0.2) is 19.4 Å². The molecule has 0 saturated heterocycles. The molecule has 0 aromatic rings. The van der Waals surface area contributed by atoms with Gasteiger partial charge >= 0.3 is 5.97 Å². The second kappa shape index (κ2) is 6.58. The number of ether oxygens (including phenoxy) is 1. The lowest BCUT2D eigenvalue weighted by Gasteiger charge is -1.97. The van der Waals surface area contributed by atoms with Gasteiger partial charge in [0.1, 0.15) is 6.29 Å². The lowest BCUT2D eigenvalue weighted by atomic mass is 10.1. The maximum absolute atomic E-state index is 10.7. The van der Waals surface area contributed by atoms with Gasteiger partial charge < -0.3 is 9.53 Å². The Hall–Kier alpha value is -1.12. The first-order chi connectivity index (χ1) is 5.70. The highest BCUT2D eigenvalue weighted by molar-refractivity contribution is 5.82. The Bertz CT molecular complexity index is 182. The van der Waals surface area contributed by atoms with Crippen molar-refractivity contribution in [3.05, 3.63) is 11.6 Å². The van der Waals surface area contributed by atoms with E-state index in [4.69, 9.17) is 0 Å². The molecule has 0 aliphatic carbocycles. The van der Waals surface area contributed by atoms with Crippen LogP contribution in [0.1, 0.15) is 26.2 Å². The van der Waals surface area contributed by atoms with Crippen molar-refractivity contribution < 1.29 is 14.3 Å². The van der Waals surface area contributed by atoms with Crippen LogP contribution in [0, 0.1) is 0 Å². The van der Waals surface area contributed by atoms with Gasteiger partial charge in [-0.1, -0.05) is 5.57 Å². The van der Waals surface area contributed by atoms with Crippen LogP contribution in [0.25, 0.3) is 0 Å². The van der Waals surface area contributed by atoms with E-state index >= 15 is 0 Å². The van der Waals surface area contributed by atoms with Crippen LogP contribution < -0.4 is 0 Å². The molecule has 68 valence electrons. The number of methoxy groups -OCH3 is 1. The molecule has 0 spiro atoms. The quantitative estimate of drug-likeness (QED) is 0.271. The molecule has 0 aliphatic rings. The third kappa shape index (κ3) is 5.65. The summed E-state index contributed by atoms with van der Waals surface area (Å²) in [6.45, 7) is 1.85. The van der Waals surface area contributed by atoms with Gasteiger partial charge in [0.05, 0.1) is 7.11 Å². The summed E-state index contributed by atoms with van der Waals surface area (Å²) < 4.78 is 4.44. The van der Waals surface area contributed by atoms with Crippen molar-refractivity contribution in [3.8, 4) is 0 Å². The number of unbranched alkanes of at least 4 members (excludes halogenated alkanes) is 1. The van der Waals surface area contributed by atoms with E-state index in [0.29, 0.717) is 6.42 Å². The third-order valence-electron chi connectivity index (χ3n) is 1.46. The zero-order valence-electron chi connectivity index (χ0n) is 7.50. The molecule has 0 unspecified atom stereocenters. The van der Waals surface area contributed by atoms with Gasteiger partial charge in [-0.15, -0.1) is 0 Å². The first kappa shape index (κ1) is 10.9. The molecule has 3 heteroatoms. The minimum atomic E-state index is -0.335.